The van der Waals surface area contributed by atoms with Crippen LogP contribution >= 0.6 is 7.60 Å². The zero-order valence-electron chi connectivity index (χ0n) is 16.0. The second-order valence-electron chi connectivity index (χ2n) is 6.50. The molecule has 0 fully saturated rings. The van der Waals surface area contributed by atoms with Gasteiger partial charge in [0.1, 0.15) is 0 Å². The Morgan fingerprint density at radius 1 is 1.04 bits per heavy atom. The third kappa shape index (κ3) is 8.06. The summed E-state index contributed by atoms with van der Waals surface area (Å²) in [5.74, 6) is -2.01. The van der Waals surface area contributed by atoms with E-state index in [-0.39, 0.29) is 18.6 Å². The summed E-state index contributed by atoms with van der Waals surface area (Å²) in [5, 5.41) is 0. The summed E-state index contributed by atoms with van der Waals surface area (Å²) < 4.78 is 55.8. The van der Waals surface area contributed by atoms with Crippen LogP contribution in [0.4, 0.5) is 8.78 Å². The SMILES string of the molecule is C=C(C)C(=O)OCCCCCC(=O)C(F)(F)P(=O)(OC(C)C)OC(C)C. The van der Waals surface area contributed by atoms with Crippen LogP contribution in [0.1, 0.15) is 60.3 Å². The van der Waals surface area contributed by atoms with E-state index in [1.54, 1.807) is 0 Å². The van der Waals surface area contributed by atoms with Gasteiger partial charge in [0.05, 0.1) is 18.8 Å². The minimum absolute atomic E-state index is 0.113. The van der Waals surface area contributed by atoms with Crippen molar-refractivity contribution in [3.63, 3.8) is 0 Å². The Kier molecular flexibility index (Phi) is 10.4. The lowest BCUT2D eigenvalue weighted by Gasteiger charge is -2.28. The number of carbonyl (C=O) groups is 2. The maximum absolute atomic E-state index is 14.4. The molecule has 0 heterocycles. The molecule has 0 saturated heterocycles. The van der Waals surface area contributed by atoms with E-state index in [0.717, 1.165) is 0 Å². The lowest BCUT2D eigenvalue weighted by molar-refractivity contribution is -0.139. The van der Waals surface area contributed by atoms with Gasteiger partial charge in [-0.25, -0.2) is 4.79 Å². The first kappa shape index (κ1) is 24.9. The number of carbonyl (C=O) groups excluding carboxylic acids is 2. The summed E-state index contributed by atoms with van der Waals surface area (Å²) in [6.07, 6.45) is -1.11. The van der Waals surface area contributed by atoms with E-state index in [1.165, 1.54) is 34.6 Å². The molecular formula is C17H29F2O6P. The fourth-order valence-corrected chi connectivity index (χ4v) is 3.71. The zero-order chi connectivity index (χ0) is 20.5. The molecule has 0 aliphatic carbocycles. The third-order valence-electron chi connectivity index (χ3n) is 3.01. The van der Waals surface area contributed by atoms with E-state index in [0.29, 0.717) is 12.8 Å². The molecule has 0 unspecified atom stereocenters. The van der Waals surface area contributed by atoms with Crippen LogP contribution in [0, 0.1) is 0 Å². The van der Waals surface area contributed by atoms with Crippen LogP contribution in [0.15, 0.2) is 12.2 Å². The van der Waals surface area contributed by atoms with Crippen LogP contribution in [0.3, 0.4) is 0 Å². The average molecular weight is 398 g/mol. The van der Waals surface area contributed by atoms with Crippen molar-refractivity contribution < 1.29 is 36.7 Å². The maximum Gasteiger partial charge on any atom is 0.408 e. The number of alkyl halides is 2. The summed E-state index contributed by atoms with van der Waals surface area (Å²) in [6.45, 7) is 10.8. The fourth-order valence-electron chi connectivity index (χ4n) is 1.87. The predicted molar refractivity (Wildman–Crippen MR) is 94.2 cm³/mol. The molecule has 0 aromatic carbocycles. The van der Waals surface area contributed by atoms with Crippen LogP contribution in [0.5, 0.6) is 0 Å². The Bertz CT molecular complexity index is 531. The van der Waals surface area contributed by atoms with Gasteiger partial charge < -0.3 is 13.8 Å². The van der Waals surface area contributed by atoms with Gasteiger partial charge in [0, 0.05) is 12.0 Å². The predicted octanol–water partition coefficient (Wildman–Crippen LogP) is 4.87. The highest BCUT2D eigenvalue weighted by atomic mass is 31.2. The standard InChI is InChI=1S/C17H29F2O6P/c1-12(2)16(21)23-11-9-7-8-10-15(20)17(18,19)26(22,24-13(3)4)25-14(5)6/h13-14H,1,7-11H2,2-6H3. The van der Waals surface area contributed by atoms with E-state index in [2.05, 4.69) is 6.58 Å². The normalized spacial score (nSPS) is 12.5. The molecule has 152 valence electrons. The molecule has 26 heavy (non-hydrogen) atoms. The van der Waals surface area contributed by atoms with Crippen LogP contribution < -0.4 is 0 Å². The second kappa shape index (κ2) is 10.9. The molecule has 0 aliphatic heterocycles. The minimum Gasteiger partial charge on any atom is -0.462 e. The summed E-state index contributed by atoms with van der Waals surface area (Å²) in [6, 6.07) is 0. The Balaban J connectivity index is 4.62. The molecule has 0 bridgehead atoms. The topological polar surface area (TPSA) is 78.9 Å². The van der Waals surface area contributed by atoms with Crippen molar-refractivity contribution in [3.8, 4) is 0 Å². The van der Waals surface area contributed by atoms with Crippen LogP contribution in [0.25, 0.3) is 0 Å². The Hall–Kier alpha value is -1.11. The number of ether oxygens (including phenoxy) is 1. The molecule has 6 nitrogen and oxygen atoms in total. The molecule has 0 saturated carbocycles. The Morgan fingerprint density at radius 3 is 1.96 bits per heavy atom. The summed E-state index contributed by atoms with van der Waals surface area (Å²) in [4.78, 5) is 23.1. The lowest BCUT2D eigenvalue weighted by atomic mass is 10.1. The first-order valence-corrected chi connectivity index (χ1v) is 10.1. The maximum atomic E-state index is 14.4. The highest BCUT2D eigenvalue weighted by Gasteiger charge is 2.59. The first-order chi connectivity index (χ1) is 11.8. The number of Topliss-reactive ketones (excluding diaryl/α,β-unsaturated/α-hetero) is 1. The largest absolute Gasteiger partial charge is 0.462 e. The molecule has 0 radical (unpaired) electrons. The van der Waals surface area contributed by atoms with Crippen molar-refractivity contribution >= 4 is 19.3 Å². The first-order valence-electron chi connectivity index (χ1n) is 8.54. The molecule has 0 aromatic rings. The van der Waals surface area contributed by atoms with Crippen LogP contribution in [-0.2, 0) is 27.9 Å². The summed E-state index contributed by atoms with van der Waals surface area (Å²) in [7, 11) is -4.94. The van der Waals surface area contributed by atoms with Crippen LogP contribution in [0.2, 0.25) is 0 Å². The van der Waals surface area contributed by atoms with Gasteiger partial charge in [-0.1, -0.05) is 6.58 Å². The second-order valence-corrected chi connectivity index (χ2v) is 8.48. The quantitative estimate of drug-likeness (QED) is 0.191. The smallest absolute Gasteiger partial charge is 0.408 e. The highest BCUT2D eigenvalue weighted by molar-refractivity contribution is 7.56. The van der Waals surface area contributed by atoms with Crippen molar-refractivity contribution in [1.82, 2.24) is 0 Å². The number of hydrogen-bond donors (Lipinski definition) is 0. The van der Waals surface area contributed by atoms with Gasteiger partial charge in [-0.15, -0.1) is 0 Å². The van der Waals surface area contributed by atoms with Gasteiger partial charge in [-0.05, 0) is 53.9 Å². The monoisotopic (exact) mass is 398 g/mol. The molecule has 9 heteroatoms. The van der Waals surface area contributed by atoms with Crippen molar-refractivity contribution in [1.29, 1.82) is 0 Å². The lowest BCUT2D eigenvalue weighted by Crippen LogP contribution is -2.32. The van der Waals surface area contributed by atoms with Gasteiger partial charge in [0.15, 0.2) is 0 Å². The van der Waals surface area contributed by atoms with Gasteiger partial charge in [0.2, 0.25) is 5.78 Å². The van der Waals surface area contributed by atoms with E-state index in [1.807, 2.05) is 0 Å². The van der Waals surface area contributed by atoms with E-state index >= 15 is 0 Å². The van der Waals surface area contributed by atoms with Gasteiger partial charge in [-0.3, -0.25) is 9.36 Å². The fraction of sp³-hybridized carbons (Fsp3) is 0.765. The Morgan fingerprint density at radius 2 is 1.54 bits per heavy atom. The Labute approximate surface area is 153 Å². The number of hydrogen-bond acceptors (Lipinski definition) is 6. The van der Waals surface area contributed by atoms with E-state index in [4.69, 9.17) is 13.8 Å². The molecule has 0 rings (SSSR count). The molecule has 0 aromatic heterocycles. The van der Waals surface area contributed by atoms with Gasteiger partial charge in [-0.2, -0.15) is 8.78 Å². The van der Waals surface area contributed by atoms with Crippen molar-refractivity contribution in [2.24, 2.45) is 0 Å². The molecular weight excluding hydrogens is 369 g/mol. The minimum atomic E-state index is -4.94. The van der Waals surface area contributed by atoms with E-state index in [9.17, 15) is 22.9 Å². The molecule has 0 spiro atoms. The highest BCUT2D eigenvalue weighted by Crippen LogP contribution is 2.64. The summed E-state index contributed by atoms with van der Waals surface area (Å²) >= 11 is 0. The van der Waals surface area contributed by atoms with Gasteiger partial charge in [0.25, 0.3) is 0 Å². The molecule has 0 atom stereocenters. The van der Waals surface area contributed by atoms with Crippen LogP contribution in [-0.4, -0.2) is 36.2 Å². The number of ketones is 1. The van der Waals surface area contributed by atoms with Crippen molar-refractivity contribution in [2.45, 2.75) is 78.2 Å². The third-order valence-corrected chi connectivity index (χ3v) is 5.34. The van der Waals surface area contributed by atoms with Crippen molar-refractivity contribution in [2.75, 3.05) is 6.61 Å². The zero-order valence-corrected chi connectivity index (χ0v) is 16.9. The van der Waals surface area contributed by atoms with E-state index < -0.39 is 43.6 Å². The molecule has 0 aliphatic rings. The molecule has 0 amide bonds. The number of unbranched alkanes of at least 4 members (excludes halogenated alkanes) is 2. The average Bonchev–Trinajstić information content (AvgIpc) is 2.47. The summed E-state index contributed by atoms with van der Waals surface area (Å²) in [5.41, 5.74) is -3.94. The number of esters is 1. The van der Waals surface area contributed by atoms with Gasteiger partial charge >= 0.3 is 19.2 Å². The number of halogens is 2. The molecule has 0 N–H and O–H groups in total. The van der Waals surface area contributed by atoms with Crippen molar-refractivity contribution in [3.05, 3.63) is 12.2 Å². The number of rotatable bonds is 13.